The first-order chi connectivity index (χ1) is 9.25. The Morgan fingerprint density at radius 3 is 2.42 bits per heavy atom. The highest BCUT2D eigenvalue weighted by atomic mass is 15.3. The zero-order valence-corrected chi connectivity index (χ0v) is 13.0. The molecule has 2 aliphatic heterocycles. The van der Waals surface area contributed by atoms with E-state index in [1.807, 2.05) is 0 Å². The van der Waals surface area contributed by atoms with Crippen LogP contribution in [0.25, 0.3) is 0 Å². The number of rotatable bonds is 1. The van der Waals surface area contributed by atoms with E-state index in [1.165, 1.54) is 71.1 Å². The predicted molar refractivity (Wildman–Crippen MR) is 81.4 cm³/mol. The third-order valence-electron chi connectivity index (χ3n) is 6.22. The van der Waals surface area contributed by atoms with E-state index in [2.05, 4.69) is 23.6 Å². The van der Waals surface area contributed by atoms with Gasteiger partial charge in [0.25, 0.3) is 0 Å². The van der Waals surface area contributed by atoms with Gasteiger partial charge in [0.1, 0.15) is 0 Å². The molecule has 3 aliphatic rings. The highest BCUT2D eigenvalue weighted by Gasteiger charge is 2.35. The summed E-state index contributed by atoms with van der Waals surface area (Å²) in [6.45, 7) is 10.4. The van der Waals surface area contributed by atoms with Crippen molar-refractivity contribution in [3.8, 4) is 0 Å². The summed E-state index contributed by atoms with van der Waals surface area (Å²) in [6, 6.07) is 1.76. The van der Waals surface area contributed by atoms with Gasteiger partial charge in [-0.15, -0.1) is 0 Å². The molecule has 2 heterocycles. The van der Waals surface area contributed by atoms with Crippen molar-refractivity contribution in [2.45, 2.75) is 70.9 Å². The van der Waals surface area contributed by atoms with E-state index in [1.54, 1.807) is 0 Å². The SMILES string of the molecule is CC1CCCC(N2CCCN3CCCCC3C2)C1C. The predicted octanol–water partition coefficient (Wildman–Crippen LogP) is 3.37. The molecule has 3 fully saturated rings. The fraction of sp³-hybridized carbons (Fsp3) is 1.00. The van der Waals surface area contributed by atoms with Crippen molar-refractivity contribution in [1.29, 1.82) is 0 Å². The van der Waals surface area contributed by atoms with Gasteiger partial charge in [0, 0.05) is 18.6 Å². The monoisotopic (exact) mass is 264 g/mol. The van der Waals surface area contributed by atoms with Gasteiger partial charge in [0.05, 0.1) is 0 Å². The molecule has 4 atom stereocenters. The molecule has 0 amide bonds. The van der Waals surface area contributed by atoms with Crippen molar-refractivity contribution < 1.29 is 0 Å². The summed E-state index contributed by atoms with van der Waals surface area (Å²) in [5.74, 6) is 1.84. The summed E-state index contributed by atoms with van der Waals surface area (Å²) >= 11 is 0. The van der Waals surface area contributed by atoms with E-state index in [4.69, 9.17) is 0 Å². The van der Waals surface area contributed by atoms with E-state index < -0.39 is 0 Å². The first-order valence-corrected chi connectivity index (χ1v) is 8.74. The summed E-state index contributed by atoms with van der Waals surface area (Å²) < 4.78 is 0. The maximum absolute atomic E-state index is 2.89. The quantitative estimate of drug-likeness (QED) is 0.716. The van der Waals surface area contributed by atoms with Gasteiger partial charge in [-0.2, -0.15) is 0 Å². The standard InChI is InChI=1S/C17H32N2/c1-14-7-5-9-17(15(14)2)19-12-6-11-18-10-4-3-8-16(18)13-19/h14-17H,3-13H2,1-2H3. The van der Waals surface area contributed by atoms with Crippen LogP contribution in [0.5, 0.6) is 0 Å². The molecule has 3 rings (SSSR count). The minimum Gasteiger partial charge on any atom is -0.299 e. The van der Waals surface area contributed by atoms with Crippen LogP contribution in [-0.2, 0) is 0 Å². The van der Waals surface area contributed by atoms with Crippen molar-refractivity contribution in [2.24, 2.45) is 11.8 Å². The molecule has 4 unspecified atom stereocenters. The van der Waals surface area contributed by atoms with Gasteiger partial charge in [-0.3, -0.25) is 9.80 Å². The second-order valence-electron chi connectivity index (χ2n) is 7.37. The number of fused-ring (bicyclic) bond motifs is 1. The van der Waals surface area contributed by atoms with E-state index in [0.717, 1.165) is 23.9 Å². The molecule has 2 nitrogen and oxygen atoms in total. The summed E-state index contributed by atoms with van der Waals surface area (Å²) in [5.41, 5.74) is 0. The Kier molecular flexibility index (Phi) is 4.48. The average molecular weight is 264 g/mol. The van der Waals surface area contributed by atoms with Crippen molar-refractivity contribution >= 4 is 0 Å². The summed E-state index contributed by atoms with van der Waals surface area (Å²) in [5, 5.41) is 0. The van der Waals surface area contributed by atoms with Gasteiger partial charge < -0.3 is 0 Å². The molecule has 0 spiro atoms. The topological polar surface area (TPSA) is 6.48 Å². The van der Waals surface area contributed by atoms with Crippen LogP contribution in [0.4, 0.5) is 0 Å². The first kappa shape index (κ1) is 13.9. The van der Waals surface area contributed by atoms with Crippen LogP contribution in [0, 0.1) is 11.8 Å². The minimum atomic E-state index is 0.876. The Balaban J connectivity index is 1.66. The second-order valence-corrected chi connectivity index (χ2v) is 7.37. The molecule has 0 aromatic heterocycles. The normalized spacial score (nSPS) is 42.6. The van der Waals surface area contributed by atoms with E-state index in [9.17, 15) is 0 Å². The van der Waals surface area contributed by atoms with Crippen LogP contribution in [-0.4, -0.2) is 48.1 Å². The van der Waals surface area contributed by atoms with Crippen LogP contribution >= 0.6 is 0 Å². The molecule has 1 saturated carbocycles. The van der Waals surface area contributed by atoms with Crippen molar-refractivity contribution in [2.75, 3.05) is 26.2 Å². The van der Waals surface area contributed by atoms with Gasteiger partial charge in [0.2, 0.25) is 0 Å². The van der Waals surface area contributed by atoms with Crippen LogP contribution in [0.3, 0.4) is 0 Å². The number of nitrogens with zero attached hydrogens (tertiary/aromatic N) is 2. The number of hydrogen-bond acceptors (Lipinski definition) is 2. The minimum absolute atomic E-state index is 0.876. The molecular weight excluding hydrogens is 232 g/mol. The number of piperidine rings is 1. The van der Waals surface area contributed by atoms with Gasteiger partial charge in [0.15, 0.2) is 0 Å². The molecule has 0 radical (unpaired) electrons. The van der Waals surface area contributed by atoms with Gasteiger partial charge in [-0.25, -0.2) is 0 Å². The lowest BCUT2D eigenvalue weighted by atomic mass is 9.77. The Bertz CT molecular complexity index is 291. The van der Waals surface area contributed by atoms with Gasteiger partial charge >= 0.3 is 0 Å². The average Bonchev–Trinajstić information content (AvgIpc) is 2.64. The van der Waals surface area contributed by atoms with Gasteiger partial charge in [-0.05, 0) is 57.2 Å². The Hall–Kier alpha value is -0.0800. The molecule has 110 valence electrons. The van der Waals surface area contributed by atoms with Crippen LogP contribution in [0.2, 0.25) is 0 Å². The van der Waals surface area contributed by atoms with Crippen molar-refractivity contribution in [3.63, 3.8) is 0 Å². The van der Waals surface area contributed by atoms with E-state index in [0.29, 0.717) is 0 Å². The summed E-state index contributed by atoms with van der Waals surface area (Å²) in [7, 11) is 0. The zero-order valence-electron chi connectivity index (χ0n) is 13.0. The molecule has 2 heteroatoms. The van der Waals surface area contributed by atoms with E-state index in [-0.39, 0.29) is 0 Å². The molecule has 2 saturated heterocycles. The lowest BCUT2D eigenvalue weighted by molar-refractivity contribution is 0.0623. The third-order valence-corrected chi connectivity index (χ3v) is 6.22. The molecule has 0 bridgehead atoms. The highest BCUT2D eigenvalue weighted by Crippen LogP contribution is 2.34. The smallest absolute Gasteiger partial charge is 0.0223 e. The summed E-state index contributed by atoms with van der Waals surface area (Å²) in [4.78, 5) is 5.68. The van der Waals surface area contributed by atoms with Gasteiger partial charge in [-0.1, -0.05) is 33.1 Å². The molecular formula is C17H32N2. The second kappa shape index (κ2) is 6.13. The van der Waals surface area contributed by atoms with Crippen LogP contribution in [0.15, 0.2) is 0 Å². The third kappa shape index (κ3) is 3.00. The maximum Gasteiger partial charge on any atom is 0.0223 e. The fourth-order valence-corrected chi connectivity index (χ4v) is 4.77. The van der Waals surface area contributed by atoms with Crippen LogP contribution < -0.4 is 0 Å². The largest absolute Gasteiger partial charge is 0.299 e. The molecule has 0 aromatic rings. The zero-order chi connectivity index (χ0) is 13.2. The van der Waals surface area contributed by atoms with Crippen molar-refractivity contribution in [1.82, 2.24) is 9.80 Å². The van der Waals surface area contributed by atoms with Crippen molar-refractivity contribution in [3.05, 3.63) is 0 Å². The first-order valence-electron chi connectivity index (χ1n) is 8.74. The maximum atomic E-state index is 2.89. The molecule has 1 aliphatic carbocycles. The lowest BCUT2D eigenvalue weighted by Gasteiger charge is -2.43. The lowest BCUT2D eigenvalue weighted by Crippen LogP contribution is -2.49. The summed E-state index contributed by atoms with van der Waals surface area (Å²) in [6.07, 6.45) is 10.1. The Morgan fingerprint density at radius 1 is 0.737 bits per heavy atom. The number of hydrogen-bond donors (Lipinski definition) is 0. The van der Waals surface area contributed by atoms with Crippen LogP contribution in [0.1, 0.15) is 58.8 Å². The fourth-order valence-electron chi connectivity index (χ4n) is 4.77. The molecule has 0 N–H and O–H groups in total. The van der Waals surface area contributed by atoms with E-state index >= 15 is 0 Å². The Labute approximate surface area is 119 Å². The molecule has 0 aromatic carbocycles. The highest BCUT2D eigenvalue weighted by molar-refractivity contribution is 4.90. The molecule has 19 heavy (non-hydrogen) atoms. The Morgan fingerprint density at radius 2 is 1.53 bits per heavy atom.